The average molecular weight is 476 g/mol. The molecule has 3 aromatic carbocycles. The van der Waals surface area contributed by atoms with E-state index in [0.29, 0.717) is 16.5 Å². The van der Waals surface area contributed by atoms with Crippen molar-refractivity contribution in [3.63, 3.8) is 0 Å². The van der Waals surface area contributed by atoms with Gasteiger partial charge in [-0.05, 0) is 36.8 Å². The number of rotatable bonds is 8. The molecular weight excluding hydrogens is 454 g/mol. The Bertz CT molecular complexity index is 1260. The van der Waals surface area contributed by atoms with Crippen molar-refractivity contribution in [2.75, 3.05) is 0 Å². The topological polar surface area (TPSA) is 94.3 Å². The van der Waals surface area contributed by atoms with E-state index in [9.17, 15) is 9.59 Å². The van der Waals surface area contributed by atoms with Gasteiger partial charge in [-0.3, -0.25) is 9.59 Å². The van der Waals surface area contributed by atoms with Gasteiger partial charge >= 0.3 is 5.97 Å². The molecule has 1 heterocycles. The van der Waals surface area contributed by atoms with Gasteiger partial charge in [0.1, 0.15) is 0 Å². The summed E-state index contributed by atoms with van der Waals surface area (Å²) >= 11 is 6.16. The zero-order chi connectivity index (χ0) is 23.9. The number of hydrogen-bond donors (Lipinski definition) is 1. The number of ether oxygens (including phenoxy) is 1. The van der Waals surface area contributed by atoms with Gasteiger partial charge in [0.2, 0.25) is 5.89 Å². The summed E-state index contributed by atoms with van der Waals surface area (Å²) in [4.78, 5) is 25.6. The summed E-state index contributed by atoms with van der Waals surface area (Å²) in [5.74, 6) is -0.388. The van der Waals surface area contributed by atoms with Crippen molar-refractivity contribution in [3.05, 3.63) is 107 Å². The van der Waals surface area contributed by atoms with Crippen molar-refractivity contribution in [2.24, 2.45) is 0 Å². The van der Waals surface area contributed by atoms with Crippen molar-refractivity contribution >= 4 is 23.5 Å². The van der Waals surface area contributed by atoms with Crippen LogP contribution in [0.2, 0.25) is 5.02 Å². The zero-order valence-corrected chi connectivity index (χ0v) is 19.1. The fourth-order valence-electron chi connectivity index (χ4n) is 3.38. The van der Waals surface area contributed by atoms with Gasteiger partial charge in [0.25, 0.3) is 11.8 Å². The number of esters is 1. The number of amides is 1. The molecule has 7 nitrogen and oxygen atoms in total. The Labute approximate surface area is 201 Å². The van der Waals surface area contributed by atoms with E-state index in [2.05, 4.69) is 15.5 Å². The van der Waals surface area contributed by atoms with Gasteiger partial charge < -0.3 is 14.5 Å². The molecule has 0 saturated carbocycles. The molecule has 0 spiro atoms. The second kappa shape index (κ2) is 10.8. The van der Waals surface area contributed by atoms with Crippen LogP contribution in [0.5, 0.6) is 0 Å². The molecule has 0 aliphatic heterocycles. The number of carbonyl (C=O) groups is 2. The number of halogens is 1. The van der Waals surface area contributed by atoms with Crippen molar-refractivity contribution in [2.45, 2.75) is 25.5 Å². The van der Waals surface area contributed by atoms with Crippen LogP contribution in [0.1, 0.15) is 47.3 Å². The maximum Gasteiger partial charge on any atom is 0.309 e. The summed E-state index contributed by atoms with van der Waals surface area (Å²) in [5, 5.41) is 11.2. The molecule has 1 N–H and O–H groups in total. The minimum atomic E-state index is -0.756. The molecular formula is C26H22ClN3O4. The Morgan fingerprint density at radius 3 is 2.29 bits per heavy atom. The predicted octanol–water partition coefficient (Wildman–Crippen LogP) is 5.56. The van der Waals surface area contributed by atoms with Crippen LogP contribution in [0.15, 0.2) is 89.3 Å². The van der Waals surface area contributed by atoms with E-state index in [4.69, 9.17) is 20.8 Å². The van der Waals surface area contributed by atoms with Gasteiger partial charge in [0.05, 0.1) is 23.0 Å². The Kier molecular flexibility index (Phi) is 7.34. The maximum atomic E-state index is 12.8. The summed E-state index contributed by atoms with van der Waals surface area (Å²) in [6, 6.07) is 24.6. The fraction of sp³-hybridized carbons (Fsp3) is 0.154. The molecule has 172 valence electrons. The lowest BCUT2D eigenvalue weighted by atomic mass is 10.0. The summed E-state index contributed by atoms with van der Waals surface area (Å²) in [7, 11) is 0. The molecule has 0 fully saturated rings. The van der Waals surface area contributed by atoms with Gasteiger partial charge in [-0.1, -0.05) is 72.3 Å². The van der Waals surface area contributed by atoms with Crippen LogP contribution in [0.3, 0.4) is 0 Å². The predicted molar refractivity (Wildman–Crippen MR) is 127 cm³/mol. The Balaban J connectivity index is 1.45. The number of aromatic nitrogens is 2. The quantitative estimate of drug-likeness (QED) is 0.335. The van der Waals surface area contributed by atoms with E-state index in [1.165, 1.54) is 0 Å². The summed E-state index contributed by atoms with van der Waals surface area (Å²) in [5.41, 5.74) is 1.86. The van der Waals surface area contributed by atoms with Crippen LogP contribution in [0.4, 0.5) is 0 Å². The first-order valence-electron chi connectivity index (χ1n) is 10.7. The van der Waals surface area contributed by atoms with Crippen LogP contribution < -0.4 is 5.32 Å². The molecule has 1 aromatic heterocycles. The minimum absolute atomic E-state index is 0.0930. The number of hydrogen-bond acceptors (Lipinski definition) is 6. The van der Waals surface area contributed by atoms with Crippen molar-refractivity contribution in [1.29, 1.82) is 0 Å². The van der Waals surface area contributed by atoms with Crippen LogP contribution in [0.25, 0.3) is 11.5 Å². The lowest BCUT2D eigenvalue weighted by Crippen LogP contribution is -2.31. The van der Waals surface area contributed by atoms with Crippen molar-refractivity contribution < 1.29 is 18.7 Å². The number of nitrogens with one attached hydrogen (secondary N) is 1. The minimum Gasteiger partial charge on any atom is -0.453 e. The molecule has 0 bridgehead atoms. The van der Waals surface area contributed by atoms with Crippen LogP contribution >= 0.6 is 11.6 Å². The third-order valence-corrected chi connectivity index (χ3v) is 5.44. The van der Waals surface area contributed by atoms with E-state index in [-0.39, 0.29) is 18.2 Å². The van der Waals surface area contributed by atoms with Crippen LogP contribution in [-0.2, 0) is 9.53 Å². The molecule has 0 saturated heterocycles. The SMILES string of the molecule is CC(OC(=O)CC(NC(=O)c1ccccc1Cl)c1ccccc1)c1nnc(-c2ccccc2)o1. The lowest BCUT2D eigenvalue weighted by Gasteiger charge is -2.20. The van der Waals surface area contributed by atoms with Gasteiger partial charge in [-0.2, -0.15) is 0 Å². The highest BCUT2D eigenvalue weighted by Gasteiger charge is 2.24. The van der Waals surface area contributed by atoms with Crippen LogP contribution in [-0.4, -0.2) is 22.1 Å². The highest BCUT2D eigenvalue weighted by atomic mass is 35.5. The third-order valence-electron chi connectivity index (χ3n) is 5.11. The normalized spacial score (nSPS) is 12.5. The van der Waals surface area contributed by atoms with Gasteiger partial charge in [-0.25, -0.2) is 0 Å². The smallest absolute Gasteiger partial charge is 0.309 e. The molecule has 4 aromatic rings. The first-order chi connectivity index (χ1) is 16.5. The lowest BCUT2D eigenvalue weighted by molar-refractivity contribution is -0.150. The van der Waals surface area contributed by atoms with E-state index < -0.39 is 18.1 Å². The monoisotopic (exact) mass is 475 g/mol. The standard InChI is InChI=1S/C26H22ClN3O4/c1-17(25-29-30-26(34-25)19-12-6-3-7-13-19)33-23(31)16-22(18-10-4-2-5-11-18)28-24(32)20-14-8-9-15-21(20)27/h2-15,17,22H,16H2,1H3,(H,28,32). The molecule has 0 radical (unpaired) electrons. The first-order valence-corrected chi connectivity index (χ1v) is 11.1. The molecule has 4 rings (SSSR count). The highest BCUT2D eigenvalue weighted by Crippen LogP contribution is 2.25. The van der Waals surface area contributed by atoms with Crippen LogP contribution in [0, 0.1) is 0 Å². The Morgan fingerprint density at radius 2 is 1.59 bits per heavy atom. The highest BCUT2D eigenvalue weighted by molar-refractivity contribution is 6.33. The van der Waals surface area contributed by atoms with Gasteiger partial charge in [0, 0.05) is 5.56 Å². The molecule has 34 heavy (non-hydrogen) atoms. The molecule has 0 aliphatic carbocycles. The average Bonchev–Trinajstić information content (AvgIpc) is 3.36. The molecule has 0 aliphatic rings. The second-order valence-corrected chi connectivity index (χ2v) is 7.97. The van der Waals surface area contributed by atoms with E-state index in [1.54, 1.807) is 31.2 Å². The van der Waals surface area contributed by atoms with Crippen molar-refractivity contribution in [1.82, 2.24) is 15.5 Å². The molecule has 1 amide bonds. The number of benzene rings is 3. The fourth-order valence-corrected chi connectivity index (χ4v) is 3.60. The Hall–Kier alpha value is -3.97. The number of carbonyl (C=O) groups excluding carboxylic acids is 2. The second-order valence-electron chi connectivity index (χ2n) is 7.56. The van der Waals surface area contributed by atoms with Gasteiger partial charge in [0.15, 0.2) is 6.10 Å². The van der Waals surface area contributed by atoms with E-state index in [0.717, 1.165) is 11.1 Å². The zero-order valence-electron chi connectivity index (χ0n) is 18.4. The summed E-state index contributed by atoms with van der Waals surface area (Å²) < 4.78 is 11.2. The largest absolute Gasteiger partial charge is 0.453 e. The van der Waals surface area contributed by atoms with Gasteiger partial charge in [-0.15, -0.1) is 10.2 Å². The molecule has 2 unspecified atom stereocenters. The number of nitrogens with zero attached hydrogens (tertiary/aromatic N) is 2. The molecule has 2 atom stereocenters. The Morgan fingerprint density at radius 1 is 0.941 bits per heavy atom. The maximum absolute atomic E-state index is 12.8. The summed E-state index contributed by atoms with van der Waals surface area (Å²) in [6.07, 6.45) is -0.849. The third kappa shape index (κ3) is 5.68. The first kappa shape index (κ1) is 23.2. The van der Waals surface area contributed by atoms with E-state index in [1.807, 2.05) is 60.7 Å². The molecule has 8 heteroatoms. The van der Waals surface area contributed by atoms with E-state index >= 15 is 0 Å². The van der Waals surface area contributed by atoms with Crippen molar-refractivity contribution in [3.8, 4) is 11.5 Å². The summed E-state index contributed by atoms with van der Waals surface area (Å²) in [6.45, 7) is 1.65.